The number of aryl methyl sites for hydroxylation is 1. The van der Waals surface area contributed by atoms with Gasteiger partial charge < -0.3 is 4.98 Å². The molecule has 0 spiro atoms. The van der Waals surface area contributed by atoms with Crippen molar-refractivity contribution in [2.75, 3.05) is 0 Å². The molecule has 1 heterocycles. The molecule has 15 heavy (non-hydrogen) atoms. The van der Waals surface area contributed by atoms with Crippen molar-refractivity contribution in [1.82, 2.24) is 4.98 Å². The largest absolute Gasteiger partial charge is 0.362 e. The second-order valence-electron chi connectivity index (χ2n) is 4.95. The Labute approximate surface area is 90.7 Å². The van der Waals surface area contributed by atoms with Crippen LogP contribution in [0.3, 0.4) is 0 Å². The topological polar surface area (TPSA) is 32.9 Å². The van der Waals surface area contributed by atoms with Crippen molar-refractivity contribution in [2.45, 2.75) is 46.0 Å². The molecule has 0 saturated heterocycles. The van der Waals surface area contributed by atoms with Crippen molar-refractivity contribution in [2.24, 2.45) is 5.92 Å². The maximum Gasteiger partial charge on any atom is 0.185 e. The Balaban J connectivity index is 2.55. The van der Waals surface area contributed by atoms with Crippen molar-refractivity contribution in [1.29, 1.82) is 0 Å². The number of pyridine rings is 1. The predicted octanol–water partition coefficient (Wildman–Crippen LogP) is 2.76. The first-order chi connectivity index (χ1) is 7.09. The third-order valence-electron chi connectivity index (χ3n) is 3.42. The van der Waals surface area contributed by atoms with E-state index < -0.39 is 0 Å². The maximum absolute atomic E-state index is 11.8. The minimum absolute atomic E-state index is 0.228. The van der Waals surface area contributed by atoms with Crippen molar-refractivity contribution in [3.05, 3.63) is 33.2 Å². The zero-order chi connectivity index (χ0) is 11.0. The lowest BCUT2D eigenvalue weighted by atomic mass is 9.80. The number of aromatic amines is 1. The fourth-order valence-corrected chi connectivity index (χ4v) is 2.62. The van der Waals surface area contributed by atoms with Crippen molar-refractivity contribution in [3.8, 4) is 0 Å². The Hall–Kier alpha value is -1.05. The van der Waals surface area contributed by atoms with Crippen LogP contribution in [0.2, 0.25) is 0 Å². The van der Waals surface area contributed by atoms with E-state index in [0.717, 1.165) is 24.1 Å². The van der Waals surface area contributed by atoms with Crippen LogP contribution >= 0.6 is 0 Å². The molecule has 0 fully saturated rings. The van der Waals surface area contributed by atoms with Crippen LogP contribution in [0.25, 0.3) is 0 Å². The molecule has 2 nitrogen and oxygen atoms in total. The van der Waals surface area contributed by atoms with Crippen molar-refractivity contribution < 1.29 is 0 Å². The number of nitrogens with one attached hydrogen (secondary N) is 1. The van der Waals surface area contributed by atoms with E-state index in [2.05, 4.69) is 18.8 Å². The molecule has 1 aliphatic carbocycles. The van der Waals surface area contributed by atoms with E-state index in [9.17, 15) is 4.79 Å². The lowest BCUT2D eigenvalue weighted by Gasteiger charge is -2.28. The van der Waals surface area contributed by atoms with E-state index in [4.69, 9.17) is 0 Å². The van der Waals surface area contributed by atoms with Crippen LogP contribution in [0.1, 0.15) is 49.6 Å². The number of aromatic nitrogens is 1. The summed E-state index contributed by atoms with van der Waals surface area (Å²) < 4.78 is 0. The van der Waals surface area contributed by atoms with Gasteiger partial charge in [0, 0.05) is 28.9 Å². The molecule has 0 radical (unpaired) electrons. The van der Waals surface area contributed by atoms with E-state index in [-0.39, 0.29) is 5.43 Å². The van der Waals surface area contributed by atoms with E-state index in [1.807, 2.05) is 6.92 Å². The minimum Gasteiger partial charge on any atom is -0.362 e. The smallest absolute Gasteiger partial charge is 0.185 e. The van der Waals surface area contributed by atoms with Gasteiger partial charge in [-0.2, -0.15) is 0 Å². The molecule has 0 amide bonds. The molecule has 1 N–H and O–H groups in total. The van der Waals surface area contributed by atoms with Crippen LogP contribution in [0.15, 0.2) is 10.9 Å². The second kappa shape index (κ2) is 3.84. The Morgan fingerprint density at radius 2 is 2.20 bits per heavy atom. The molecule has 0 bridgehead atoms. The molecule has 0 aliphatic heterocycles. The van der Waals surface area contributed by atoms with Gasteiger partial charge in [-0.1, -0.05) is 13.8 Å². The van der Waals surface area contributed by atoms with Crippen LogP contribution in [0.4, 0.5) is 0 Å². The van der Waals surface area contributed by atoms with E-state index in [1.54, 1.807) is 6.07 Å². The quantitative estimate of drug-likeness (QED) is 0.751. The Bertz CT molecular complexity index is 417. The van der Waals surface area contributed by atoms with Gasteiger partial charge in [0.2, 0.25) is 0 Å². The molecule has 2 heteroatoms. The Morgan fingerprint density at radius 1 is 1.47 bits per heavy atom. The van der Waals surface area contributed by atoms with Crippen LogP contribution in [-0.2, 0) is 6.42 Å². The van der Waals surface area contributed by atoms with E-state index >= 15 is 0 Å². The van der Waals surface area contributed by atoms with Crippen LogP contribution < -0.4 is 5.43 Å². The highest BCUT2D eigenvalue weighted by atomic mass is 16.1. The number of fused-ring (bicyclic) bond motifs is 1. The number of rotatable bonds is 1. The first-order valence-electron chi connectivity index (χ1n) is 5.82. The highest BCUT2D eigenvalue weighted by molar-refractivity contribution is 5.28. The highest BCUT2D eigenvalue weighted by Crippen LogP contribution is 2.34. The van der Waals surface area contributed by atoms with Gasteiger partial charge in [0.25, 0.3) is 0 Å². The third kappa shape index (κ3) is 1.85. The first kappa shape index (κ1) is 10.5. The van der Waals surface area contributed by atoms with E-state index in [1.165, 1.54) is 12.1 Å². The molecule has 1 unspecified atom stereocenters. The number of H-pyrrole nitrogens is 1. The molecule has 0 aromatic carbocycles. The highest BCUT2D eigenvalue weighted by Gasteiger charge is 2.25. The van der Waals surface area contributed by atoms with Crippen molar-refractivity contribution >= 4 is 0 Å². The summed E-state index contributed by atoms with van der Waals surface area (Å²) in [6.07, 6.45) is 3.32. The molecule has 82 valence electrons. The van der Waals surface area contributed by atoms with E-state index in [0.29, 0.717) is 11.8 Å². The normalized spacial score (nSPS) is 20.4. The Kier molecular flexibility index (Phi) is 2.68. The average molecular weight is 205 g/mol. The fourth-order valence-electron chi connectivity index (χ4n) is 2.62. The summed E-state index contributed by atoms with van der Waals surface area (Å²) in [5, 5.41) is 0. The lowest BCUT2D eigenvalue weighted by molar-refractivity contribution is 0.421. The number of hydrogen-bond acceptors (Lipinski definition) is 1. The number of hydrogen-bond donors (Lipinski definition) is 1. The third-order valence-corrected chi connectivity index (χ3v) is 3.42. The van der Waals surface area contributed by atoms with Gasteiger partial charge in [0.1, 0.15) is 0 Å². The maximum atomic E-state index is 11.8. The Morgan fingerprint density at radius 3 is 2.87 bits per heavy atom. The molecule has 2 rings (SSSR count). The molecule has 1 aromatic rings. The fraction of sp³-hybridized carbons (Fsp3) is 0.615. The van der Waals surface area contributed by atoms with Gasteiger partial charge in [-0.15, -0.1) is 0 Å². The second-order valence-corrected chi connectivity index (χ2v) is 4.95. The van der Waals surface area contributed by atoms with Gasteiger partial charge in [-0.25, -0.2) is 0 Å². The monoisotopic (exact) mass is 205 g/mol. The SMILES string of the molecule is Cc1cc(=O)c2c([nH]1)C(C(C)C)CCC2. The van der Waals surface area contributed by atoms with Crippen molar-refractivity contribution in [3.63, 3.8) is 0 Å². The van der Waals surface area contributed by atoms with Gasteiger partial charge >= 0.3 is 0 Å². The van der Waals surface area contributed by atoms with Crippen LogP contribution in [0.5, 0.6) is 0 Å². The summed E-state index contributed by atoms with van der Waals surface area (Å²) in [4.78, 5) is 15.2. The van der Waals surface area contributed by atoms with Crippen LogP contribution in [0, 0.1) is 12.8 Å². The summed E-state index contributed by atoms with van der Waals surface area (Å²) in [6, 6.07) is 1.72. The minimum atomic E-state index is 0.228. The van der Waals surface area contributed by atoms with Gasteiger partial charge in [-0.05, 0) is 32.1 Å². The first-order valence-corrected chi connectivity index (χ1v) is 5.82. The zero-order valence-corrected chi connectivity index (χ0v) is 9.76. The lowest BCUT2D eigenvalue weighted by Crippen LogP contribution is -2.23. The van der Waals surface area contributed by atoms with Gasteiger partial charge in [0.15, 0.2) is 5.43 Å². The molecular formula is C13H19NO. The molecule has 1 atom stereocenters. The van der Waals surface area contributed by atoms with Gasteiger partial charge in [0.05, 0.1) is 0 Å². The van der Waals surface area contributed by atoms with Crippen LogP contribution in [-0.4, -0.2) is 4.98 Å². The molecule has 1 aliphatic rings. The summed E-state index contributed by atoms with van der Waals surface area (Å²) in [5.41, 5.74) is 3.46. The van der Waals surface area contributed by atoms with Gasteiger partial charge in [-0.3, -0.25) is 4.79 Å². The zero-order valence-electron chi connectivity index (χ0n) is 9.76. The summed E-state index contributed by atoms with van der Waals surface area (Å²) in [6.45, 7) is 6.44. The summed E-state index contributed by atoms with van der Waals surface area (Å²) in [5.74, 6) is 1.16. The average Bonchev–Trinajstić information content (AvgIpc) is 2.16. The molecule has 1 aromatic heterocycles. The molecule has 0 saturated carbocycles. The standard InChI is InChI=1S/C13H19NO/c1-8(2)10-5-4-6-11-12(15)7-9(3)14-13(10)11/h7-8,10H,4-6H2,1-3H3,(H,14,15). The molecular weight excluding hydrogens is 186 g/mol. The summed E-state index contributed by atoms with van der Waals surface area (Å²) >= 11 is 0. The summed E-state index contributed by atoms with van der Waals surface area (Å²) in [7, 11) is 0. The predicted molar refractivity (Wildman–Crippen MR) is 62.3 cm³/mol.